The maximum absolute atomic E-state index is 12.4. The first-order valence-electron chi connectivity index (χ1n) is 3.44. The molecule has 0 radical (unpaired) electrons. The number of alkyl halides is 2. The normalized spacial score (nSPS) is 10.1. The highest BCUT2D eigenvalue weighted by Gasteiger charge is 2.15. The van der Waals surface area contributed by atoms with Gasteiger partial charge in [-0.25, -0.2) is 8.78 Å². The summed E-state index contributed by atoms with van der Waals surface area (Å²) in [6, 6.07) is 1.83. The van der Waals surface area contributed by atoms with E-state index >= 15 is 0 Å². The Morgan fingerprint density at radius 2 is 2.23 bits per heavy atom. The van der Waals surface area contributed by atoms with Gasteiger partial charge >= 0.3 is 0 Å². The lowest BCUT2D eigenvalue weighted by molar-refractivity contribution is 0.150. The van der Waals surface area contributed by atoms with Gasteiger partial charge in [0.25, 0.3) is 6.43 Å². The Morgan fingerprint density at radius 3 is 2.77 bits per heavy atom. The summed E-state index contributed by atoms with van der Waals surface area (Å²) in [7, 11) is 0. The molecule has 0 atom stereocenters. The van der Waals surface area contributed by atoms with E-state index in [0.29, 0.717) is 10.0 Å². The van der Waals surface area contributed by atoms with Gasteiger partial charge in [0.15, 0.2) is 0 Å². The minimum Gasteiger partial charge on any atom is -0.263 e. The zero-order chi connectivity index (χ0) is 9.84. The zero-order valence-electron chi connectivity index (χ0n) is 6.47. The van der Waals surface area contributed by atoms with Crippen molar-refractivity contribution in [2.75, 3.05) is 0 Å². The third kappa shape index (κ3) is 2.22. The minimum absolute atomic E-state index is 0.0389. The van der Waals surface area contributed by atoms with Crippen LogP contribution in [0.1, 0.15) is 17.6 Å². The van der Waals surface area contributed by atoms with E-state index in [2.05, 4.69) is 20.9 Å². The van der Waals surface area contributed by atoms with Gasteiger partial charge in [0.2, 0.25) is 0 Å². The number of hydrogen-bond donors (Lipinski definition) is 0. The minimum atomic E-state index is -2.59. The van der Waals surface area contributed by atoms with E-state index in [9.17, 15) is 8.78 Å². The van der Waals surface area contributed by atoms with Crippen LogP contribution in [-0.4, -0.2) is 4.98 Å². The van der Waals surface area contributed by atoms with Crippen molar-refractivity contribution in [3.05, 3.63) is 28.0 Å². The fraction of sp³-hybridized carbons (Fsp3) is 0.250. The standard InChI is InChI=1S/C8H5BrF2N2/c9-7-4-13-3-6(8(10)11)5(7)1-2-12/h3-4,8H,1H2. The molecule has 0 fully saturated rings. The summed E-state index contributed by atoms with van der Waals surface area (Å²) in [6.45, 7) is 0. The van der Waals surface area contributed by atoms with Crippen LogP contribution in [-0.2, 0) is 6.42 Å². The second kappa shape index (κ2) is 4.28. The monoisotopic (exact) mass is 246 g/mol. The molecule has 0 N–H and O–H groups in total. The molecule has 0 saturated heterocycles. The molecule has 0 aliphatic rings. The van der Waals surface area contributed by atoms with Crippen molar-refractivity contribution in [1.29, 1.82) is 5.26 Å². The largest absolute Gasteiger partial charge is 0.265 e. The van der Waals surface area contributed by atoms with Gasteiger partial charge in [-0.15, -0.1) is 0 Å². The summed E-state index contributed by atoms with van der Waals surface area (Å²) in [4.78, 5) is 3.61. The molecule has 0 spiro atoms. The predicted molar refractivity (Wildman–Crippen MR) is 46.2 cm³/mol. The predicted octanol–water partition coefficient (Wildman–Crippen LogP) is 2.85. The number of halogens is 3. The summed E-state index contributed by atoms with van der Waals surface area (Å²) in [5.74, 6) is 0. The number of aromatic nitrogens is 1. The van der Waals surface area contributed by atoms with Crippen molar-refractivity contribution >= 4 is 15.9 Å². The summed E-state index contributed by atoms with van der Waals surface area (Å²) >= 11 is 3.07. The van der Waals surface area contributed by atoms with Gasteiger partial charge in [0.05, 0.1) is 12.5 Å². The number of nitrogens with zero attached hydrogens (tertiary/aromatic N) is 2. The molecule has 1 aromatic heterocycles. The average molecular weight is 247 g/mol. The lowest BCUT2D eigenvalue weighted by Gasteiger charge is -2.06. The van der Waals surface area contributed by atoms with Gasteiger partial charge in [-0.1, -0.05) is 0 Å². The fourth-order valence-electron chi connectivity index (χ4n) is 0.930. The molecule has 1 rings (SSSR count). The van der Waals surface area contributed by atoms with E-state index in [0.717, 1.165) is 6.20 Å². The Labute approximate surface area is 82.3 Å². The van der Waals surface area contributed by atoms with Crippen molar-refractivity contribution in [3.8, 4) is 6.07 Å². The smallest absolute Gasteiger partial charge is 0.263 e. The molecule has 0 amide bonds. The Bertz CT molecular complexity index is 346. The van der Waals surface area contributed by atoms with Gasteiger partial charge in [-0.05, 0) is 21.5 Å². The molecular weight excluding hydrogens is 242 g/mol. The Kier molecular flexibility index (Phi) is 3.32. The molecule has 0 aliphatic heterocycles. The van der Waals surface area contributed by atoms with Crippen LogP contribution in [0.25, 0.3) is 0 Å². The first-order valence-corrected chi connectivity index (χ1v) is 4.23. The SMILES string of the molecule is N#CCc1c(Br)cncc1C(F)F. The van der Waals surface area contributed by atoms with E-state index in [4.69, 9.17) is 5.26 Å². The number of pyridine rings is 1. The van der Waals surface area contributed by atoms with Crippen LogP contribution in [0.2, 0.25) is 0 Å². The first-order chi connectivity index (χ1) is 6.16. The van der Waals surface area contributed by atoms with Crippen molar-refractivity contribution in [2.45, 2.75) is 12.8 Å². The Balaban J connectivity index is 3.19. The second-order valence-electron chi connectivity index (χ2n) is 2.32. The average Bonchev–Trinajstić information content (AvgIpc) is 2.08. The summed E-state index contributed by atoms with van der Waals surface area (Å²) < 4.78 is 25.2. The van der Waals surface area contributed by atoms with E-state index in [1.165, 1.54) is 6.20 Å². The molecule has 2 nitrogen and oxygen atoms in total. The van der Waals surface area contributed by atoms with Crippen molar-refractivity contribution < 1.29 is 8.78 Å². The highest BCUT2D eigenvalue weighted by molar-refractivity contribution is 9.10. The highest BCUT2D eigenvalue weighted by Crippen LogP contribution is 2.27. The zero-order valence-corrected chi connectivity index (χ0v) is 8.05. The molecular formula is C8H5BrF2N2. The maximum atomic E-state index is 12.4. The quantitative estimate of drug-likeness (QED) is 0.805. The summed E-state index contributed by atoms with van der Waals surface area (Å²) in [6.07, 6.45) is -0.142. The van der Waals surface area contributed by atoms with Gasteiger partial charge < -0.3 is 0 Å². The van der Waals surface area contributed by atoms with Crippen LogP contribution in [0.3, 0.4) is 0 Å². The first kappa shape index (κ1) is 10.1. The molecule has 1 aromatic rings. The van der Waals surface area contributed by atoms with E-state index in [1.54, 1.807) is 0 Å². The molecule has 0 unspecified atom stereocenters. The van der Waals surface area contributed by atoms with Crippen LogP contribution < -0.4 is 0 Å². The third-order valence-electron chi connectivity index (χ3n) is 1.53. The molecule has 0 aliphatic carbocycles. The van der Waals surface area contributed by atoms with E-state index < -0.39 is 6.43 Å². The van der Waals surface area contributed by atoms with Crippen LogP contribution in [0.15, 0.2) is 16.9 Å². The van der Waals surface area contributed by atoms with E-state index in [-0.39, 0.29) is 12.0 Å². The molecule has 0 saturated carbocycles. The van der Waals surface area contributed by atoms with Gasteiger partial charge in [-0.2, -0.15) is 5.26 Å². The molecule has 1 heterocycles. The summed E-state index contributed by atoms with van der Waals surface area (Å²) in [5, 5.41) is 8.41. The van der Waals surface area contributed by atoms with Crippen LogP contribution in [0, 0.1) is 11.3 Å². The van der Waals surface area contributed by atoms with Crippen LogP contribution in [0.5, 0.6) is 0 Å². The topological polar surface area (TPSA) is 36.7 Å². The third-order valence-corrected chi connectivity index (χ3v) is 2.21. The highest BCUT2D eigenvalue weighted by atomic mass is 79.9. The molecule has 5 heteroatoms. The van der Waals surface area contributed by atoms with Crippen molar-refractivity contribution in [2.24, 2.45) is 0 Å². The second-order valence-corrected chi connectivity index (χ2v) is 3.18. The van der Waals surface area contributed by atoms with Crippen molar-refractivity contribution in [1.82, 2.24) is 4.98 Å². The Morgan fingerprint density at radius 1 is 1.54 bits per heavy atom. The lowest BCUT2D eigenvalue weighted by atomic mass is 10.1. The van der Waals surface area contributed by atoms with E-state index in [1.807, 2.05) is 6.07 Å². The molecule has 68 valence electrons. The Hall–Kier alpha value is -1.02. The van der Waals surface area contributed by atoms with Crippen molar-refractivity contribution in [3.63, 3.8) is 0 Å². The van der Waals surface area contributed by atoms with Gasteiger partial charge in [0.1, 0.15) is 0 Å². The number of hydrogen-bond acceptors (Lipinski definition) is 2. The fourth-order valence-corrected chi connectivity index (χ4v) is 1.42. The maximum Gasteiger partial charge on any atom is 0.265 e. The summed E-state index contributed by atoms with van der Waals surface area (Å²) in [5.41, 5.74) is 0.128. The molecule has 13 heavy (non-hydrogen) atoms. The number of rotatable bonds is 2. The van der Waals surface area contributed by atoms with Gasteiger partial charge in [0, 0.05) is 22.4 Å². The van der Waals surface area contributed by atoms with Crippen LogP contribution >= 0.6 is 15.9 Å². The van der Waals surface area contributed by atoms with Crippen LogP contribution in [0.4, 0.5) is 8.78 Å². The molecule has 0 bridgehead atoms. The van der Waals surface area contributed by atoms with Gasteiger partial charge in [-0.3, -0.25) is 4.98 Å². The lowest BCUT2D eigenvalue weighted by Crippen LogP contribution is -1.96. The number of nitriles is 1. The molecule has 0 aromatic carbocycles.